The quantitative estimate of drug-likeness (QED) is 0.617. The molecule has 1 amide bonds. The summed E-state index contributed by atoms with van der Waals surface area (Å²) in [5.41, 5.74) is 1.46. The van der Waals surface area contributed by atoms with Gasteiger partial charge in [0.15, 0.2) is 5.65 Å². The van der Waals surface area contributed by atoms with E-state index in [0.29, 0.717) is 34.8 Å². The molecule has 0 spiro atoms. The van der Waals surface area contributed by atoms with Crippen LogP contribution in [0.1, 0.15) is 24.6 Å². The van der Waals surface area contributed by atoms with Crippen molar-refractivity contribution in [2.45, 2.75) is 29.4 Å². The van der Waals surface area contributed by atoms with Gasteiger partial charge >= 0.3 is 0 Å². The lowest BCUT2D eigenvalue weighted by Crippen LogP contribution is -2.39. The number of benzene rings is 1. The van der Waals surface area contributed by atoms with Gasteiger partial charge in [-0.05, 0) is 62.3 Å². The van der Waals surface area contributed by atoms with Crippen LogP contribution >= 0.6 is 11.8 Å². The third-order valence-electron chi connectivity index (χ3n) is 5.02. The van der Waals surface area contributed by atoms with E-state index in [1.165, 1.54) is 0 Å². The summed E-state index contributed by atoms with van der Waals surface area (Å²) in [6.45, 7) is 1.93. The number of pyridine rings is 1. The Balaban J connectivity index is 1.27. The molecule has 1 saturated heterocycles. The minimum atomic E-state index is -2.45. The number of halogens is 2. The van der Waals surface area contributed by atoms with Gasteiger partial charge in [0.1, 0.15) is 5.82 Å². The highest BCUT2D eigenvalue weighted by atomic mass is 32.2. The molecule has 1 fully saturated rings. The summed E-state index contributed by atoms with van der Waals surface area (Å²) in [4.78, 5) is 14.9. The molecule has 0 unspecified atom stereocenters. The standard InChI is InChI=1S/C20H21F2N5OS/c21-20(22)29-16-6-4-15(5-7-16)23-18(28)13-26-11-8-14(9-12-26)19-25-24-17-3-1-2-10-27(17)19/h1-7,10,14,20H,8-9,11-13H2,(H,23,28). The number of hydrogen-bond donors (Lipinski definition) is 1. The number of carbonyl (C=O) groups excluding carboxylic acids is 1. The molecular weight excluding hydrogens is 396 g/mol. The van der Waals surface area contributed by atoms with Crippen LogP contribution in [0, 0.1) is 0 Å². The molecule has 4 rings (SSSR count). The van der Waals surface area contributed by atoms with Crippen LogP contribution < -0.4 is 5.32 Å². The Morgan fingerprint density at radius 3 is 2.62 bits per heavy atom. The number of amides is 1. The van der Waals surface area contributed by atoms with Gasteiger partial charge in [-0.15, -0.1) is 10.2 Å². The van der Waals surface area contributed by atoms with Crippen molar-refractivity contribution in [2.24, 2.45) is 0 Å². The number of alkyl halides is 2. The maximum absolute atomic E-state index is 12.4. The van der Waals surface area contributed by atoms with E-state index >= 15 is 0 Å². The molecule has 3 heterocycles. The largest absolute Gasteiger partial charge is 0.325 e. The summed E-state index contributed by atoms with van der Waals surface area (Å²) in [5, 5.41) is 11.4. The van der Waals surface area contributed by atoms with Crippen LogP contribution in [0.2, 0.25) is 0 Å². The lowest BCUT2D eigenvalue weighted by molar-refractivity contribution is -0.117. The minimum absolute atomic E-state index is 0.106. The molecule has 2 aromatic heterocycles. The first-order valence-electron chi connectivity index (χ1n) is 9.45. The first-order chi connectivity index (χ1) is 14.1. The fraction of sp³-hybridized carbons (Fsp3) is 0.350. The molecule has 152 valence electrons. The maximum Gasteiger partial charge on any atom is 0.288 e. The molecule has 0 saturated carbocycles. The molecule has 0 bridgehead atoms. The summed E-state index contributed by atoms with van der Waals surface area (Å²) in [6, 6.07) is 12.3. The van der Waals surface area contributed by atoms with Crippen molar-refractivity contribution >= 4 is 29.0 Å². The number of nitrogens with one attached hydrogen (secondary N) is 1. The van der Waals surface area contributed by atoms with Gasteiger partial charge in [0.25, 0.3) is 5.76 Å². The van der Waals surface area contributed by atoms with Crippen LogP contribution in [0.4, 0.5) is 14.5 Å². The molecule has 1 aromatic carbocycles. The van der Waals surface area contributed by atoms with Crippen LogP contribution in [-0.2, 0) is 4.79 Å². The summed E-state index contributed by atoms with van der Waals surface area (Å²) < 4.78 is 26.8. The van der Waals surface area contributed by atoms with Crippen molar-refractivity contribution in [3.05, 3.63) is 54.5 Å². The van der Waals surface area contributed by atoms with Gasteiger partial charge in [0.05, 0.1) is 6.54 Å². The number of aromatic nitrogens is 3. The van der Waals surface area contributed by atoms with Crippen LogP contribution in [-0.4, -0.2) is 50.8 Å². The molecule has 1 N–H and O–H groups in total. The molecular formula is C20H21F2N5OS. The summed E-state index contributed by atoms with van der Waals surface area (Å²) in [6.07, 6.45) is 3.82. The van der Waals surface area contributed by atoms with E-state index in [2.05, 4.69) is 20.4 Å². The summed E-state index contributed by atoms with van der Waals surface area (Å²) in [7, 11) is 0. The van der Waals surface area contributed by atoms with Crippen LogP contribution in [0.3, 0.4) is 0 Å². The smallest absolute Gasteiger partial charge is 0.288 e. The topological polar surface area (TPSA) is 62.5 Å². The van der Waals surface area contributed by atoms with Gasteiger partial charge in [-0.3, -0.25) is 14.1 Å². The Labute approximate surface area is 171 Å². The Morgan fingerprint density at radius 1 is 1.14 bits per heavy atom. The zero-order chi connectivity index (χ0) is 20.2. The van der Waals surface area contributed by atoms with E-state index in [-0.39, 0.29) is 5.91 Å². The highest BCUT2D eigenvalue weighted by Gasteiger charge is 2.25. The van der Waals surface area contributed by atoms with E-state index in [4.69, 9.17) is 0 Å². The Hall–Kier alpha value is -2.52. The number of nitrogens with zero attached hydrogens (tertiary/aromatic N) is 4. The summed E-state index contributed by atoms with van der Waals surface area (Å²) in [5.74, 6) is -1.25. The van der Waals surface area contributed by atoms with Crippen LogP contribution in [0.15, 0.2) is 53.6 Å². The minimum Gasteiger partial charge on any atom is -0.325 e. The van der Waals surface area contributed by atoms with Gasteiger partial charge in [0, 0.05) is 22.7 Å². The first kappa shape index (κ1) is 19.8. The number of carbonyl (C=O) groups is 1. The highest BCUT2D eigenvalue weighted by Crippen LogP contribution is 2.28. The zero-order valence-electron chi connectivity index (χ0n) is 15.7. The normalized spacial score (nSPS) is 15.8. The van der Waals surface area contributed by atoms with Gasteiger partial charge in [-0.25, -0.2) is 0 Å². The van der Waals surface area contributed by atoms with E-state index in [9.17, 15) is 13.6 Å². The van der Waals surface area contributed by atoms with Crippen molar-refractivity contribution < 1.29 is 13.6 Å². The lowest BCUT2D eigenvalue weighted by atomic mass is 9.96. The first-order valence-corrected chi connectivity index (χ1v) is 10.3. The number of anilines is 1. The molecule has 0 atom stereocenters. The van der Waals surface area contributed by atoms with Crippen molar-refractivity contribution in [2.75, 3.05) is 25.0 Å². The van der Waals surface area contributed by atoms with Gasteiger partial charge in [-0.1, -0.05) is 17.8 Å². The number of hydrogen-bond acceptors (Lipinski definition) is 5. The third-order valence-corrected chi connectivity index (χ3v) is 5.75. The Morgan fingerprint density at radius 2 is 1.90 bits per heavy atom. The van der Waals surface area contributed by atoms with E-state index in [1.54, 1.807) is 24.3 Å². The molecule has 6 nitrogen and oxygen atoms in total. The van der Waals surface area contributed by atoms with Crippen molar-refractivity contribution in [3.8, 4) is 0 Å². The molecule has 29 heavy (non-hydrogen) atoms. The van der Waals surface area contributed by atoms with Crippen LogP contribution in [0.25, 0.3) is 5.65 Å². The third kappa shape index (κ3) is 4.91. The van der Waals surface area contributed by atoms with Gasteiger partial charge < -0.3 is 5.32 Å². The molecule has 1 aliphatic rings. The van der Waals surface area contributed by atoms with E-state index in [1.807, 2.05) is 28.8 Å². The predicted octanol–water partition coefficient (Wildman–Crippen LogP) is 3.86. The molecule has 3 aromatic rings. The maximum atomic E-state index is 12.4. The van der Waals surface area contributed by atoms with Crippen molar-refractivity contribution in [1.82, 2.24) is 19.5 Å². The number of rotatable bonds is 6. The Kier molecular flexibility index (Phi) is 6.05. The number of thioether (sulfide) groups is 1. The predicted molar refractivity (Wildman–Crippen MR) is 108 cm³/mol. The summed E-state index contributed by atoms with van der Waals surface area (Å²) >= 11 is 0.488. The molecule has 0 aliphatic carbocycles. The zero-order valence-corrected chi connectivity index (χ0v) is 16.5. The van der Waals surface area contributed by atoms with Crippen molar-refractivity contribution in [1.29, 1.82) is 0 Å². The average Bonchev–Trinajstić information content (AvgIpc) is 3.14. The lowest BCUT2D eigenvalue weighted by Gasteiger charge is -2.30. The molecule has 1 aliphatic heterocycles. The van der Waals surface area contributed by atoms with Gasteiger partial charge in [-0.2, -0.15) is 8.78 Å². The monoisotopic (exact) mass is 417 g/mol. The molecule has 0 radical (unpaired) electrons. The Bertz CT molecular complexity index is 970. The fourth-order valence-corrected chi connectivity index (χ4v) is 4.11. The second kappa shape index (κ2) is 8.87. The van der Waals surface area contributed by atoms with Gasteiger partial charge in [0.2, 0.25) is 5.91 Å². The molecule has 9 heteroatoms. The number of likely N-dealkylation sites (tertiary alicyclic amines) is 1. The van der Waals surface area contributed by atoms with Crippen LogP contribution in [0.5, 0.6) is 0 Å². The van der Waals surface area contributed by atoms with Crippen molar-refractivity contribution in [3.63, 3.8) is 0 Å². The number of piperidine rings is 1. The van der Waals surface area contributed by atoms with E-state index in [0.717, 1.165) is 37.4 Å². The fourth-order valence-electron chi connectivity index (χ4n) is 3.61. The second-order valence-corrected chi connectivity index (χ2v) is 8.05. The number of fused-ring (bicyclic) bond motifs is 1. The average molecular weight is 417 g/mol. The second-order valence-electron chi connectivity index (χ2n) is 6.99. The SMILES string of the molecule is O=C(CN1CCC(c2nnc3ccccn23)CC1)Nc1ccc(SC(F)F)cc1. The van der Waals surface area contributed by atoms with E-state index < -0.39 is 5.76 Å². The highest BCUT2D eigenvalue weighted by molar-refractivity contribution is 7.99.